The lowest BCUT2D eigenvalue weighted by molar-refractivity contribution is 0.505. The fourth-order valence-corrected chi connectivity index (χ4v) is 1.80. The van der Waals surface area contributed by atoms with Crippen LogP contribution in [0.25, 0.3) is 0 Å². The monoisotopic (exact) mass is 291 g/mol. The minimum absolute atomic E-state index is 0.589. The molecule has 0 aromatic heterocycles. The van der Waals surface area contributed by atoms with Gasteiger partial charge in [-0.2, -0.15) is 0 Å². The van der Waals surface area contributed by atoms with Gasteiger partial charge >= 0.3 is 0 Å². The largest absolute Gasteiger partial charge is 0.313 e. The van der Waals surface area contributed by atoms with E-state index in [2.05, 4.69) is 21.2 Å². The van der Waals surface area contributed by atoms with Crippen molar-refractivity contribution in [2.45, 2.75) is 25.8 Å². The highest BCUT2D eigenvalue weighted by Gasteiger charge is 2.01. The van der Waals surface area contributed by atoms with Crippen LogP contribution in [-0.4, -0.2) is 11.9 Å². The lowest BCUT2D eigenvalue weighted by Crippen LogP contribution is -2.14. The molecule has 0 saturated heterocycles. The first-order chi connectivity index (χ1) is 7.74. The molecule has 16 heavy (non-hydrogen) atoms. The molecule has 4 heteroatoms. The van der Waals surface area contributed by atoms with Crippen LogP contribution >= 0.6 is 15.9 Å². The van der Waals surface area contributed by atoms with Gasteiger partial charge in [0.05, 0.1) is 0 Å². The van der Waals surface area contributed by atoms with Gasteiger partial charge in [-0.05, 0) is 37.1 Å². The normalized spacial score (nSPS) is 10.7. The topological polar surface area (TPSA) is 12.0 Å². The van der Waals surface area contributed by atoms with Crippen LogP contribution in [0.5, 0.6) is 0 Å². The third kappa shape index (κ3) is 5.03. The molecule has 1 N–H and O–H groups in total. The molecule has 1 aromatic rings. The minimum atomic E-state index is -0.791. The number of unbranched alkanes of at least 4 members (excludes halogenated alkanes) is 2. The van der Waals surface area contributed by atoms with Gasteiger partial charge in [0, 0.05) is 11.9 Å². The first kappa shape index (κ1) is 13.6. The number of benzene rings is 1. The zero-order chi connectivity index (χ0) is 11.8. The standard InChI is InChI=1S/C12H16BrF2N/c13-6-2-1-3-7-16-9-10-4-5-11(14)12(15)8-10/h4-5,8,16H,1-3,6-7,9H2. The Kier molecular flexibility index (Phi) is 6.57. The van der Waals surface area contributed by atoms with Gasteiger partial charge < -0.3 is 5.32 Å². The molecule has 0 unspecified atom stereocenters. The summed E-state index contributed by atoms with van der Waals surface area (Å²) in [6, 6.07) is 4.00. The summed E-state index contributed by atoms with van der Waals surface area (Å²) >= 11 is 3.37. The van der Waals surface area contributed by atoms with Crippen molar-refractivity contribution >= 4 is 15.9 Å². The van der Waals surface area contributed by atoms with Crippen LogP contribution in [0.3, 0.4) is 0 Å². The van der Waals surface area contributed by atoms with Crippen LogP contribution in [0.15, 0.2) is 18.2 Å². The molecule has 0 saturated carbocycles. The molecule has 0 heterocycles. The zero-order valence-corrected chi connectivity index (χ0v) is 10.7. The molecule has 90 valence electrons. The summed E-state index contributed by atoms with van der Waals surface area (Å²) in [5.41, 5.74) is 0.777. The predicted octanol–water partition coefficient (Wildman–Crippen LogP) is 3.62. The summed E-state index contributed by atoms with van der Waals surface area (Å²) in [5, 5.41) is 4.24. The quantitative estimate of drug-likeness (QED) is 0.598. The molecular weight excluding hydrogens is 276 g/mol. The number of halogens is 3. The second kappa shape index (κ2) is 7.74. The maximum atomic E-state index is 12.8. The Morgan fingerprint density at radius 2 is 1.88 bits per heavy atom. The van der Waals surface area contributed by atoms with Gasteiger partial charge in [0.15, 0.2) is 11.6 Å². The van der Waals surface area contributed by atoms with Crippen LogP contribution in [0.2, 0.25) is 0 Å². The molecular formula is C12H16BrF2N. The van der Waals surface area contributed by atoms with Crippen LogP contribution < -0.4 is 5.32 Å². The Morgan fingerprint density at radius 3 is 2.56 bits per heavy atom. The third-order valence-electron chi connectivity index (χ3n) is 2.30. The second-order valence-electron chi connectivity index (χ2n) is 3.67. The first-order valence-corrected chi connectivity index (χ1v) is 6.57. The lowest BCUT2D eigenvalue weighted by Gasteiger charge is -2.05. The van der Waals surface area contributed by atoms with Gasteiger partial charge in [-0.3, -0.25) is 0 Å². The van der Waals surface area contributed by atoms with E-state index in [0.29, 0.717) is 6.54 Å². The molecule has 0 amide bonds. The van der Waals surface area contributed by atoms with E-state index >= 15 is 0 Å². The van der Waals surface area contributed by atoms with E-state index in [-0.39, 0.29) is 0 Å². The van der Waals surface area contributed by atoms with E-state index in [4.69, 9.17) is 0 Å². The fraction of sp³-hybridized carbons (Fsp3) is 0.500. The smallest absolute Gasteiger partial charge is 0.159 e. The highest BCUT2D eigenvalue weighted by atomic mass is 79.9. The van der Waals surface area contributed by atoms with Crippen molar-refractivity contribution in [2.24, 2.45) is 0 Å². The second-order valence-corrected chi connectivity index (χ2v) is 4.47. The SMILES string of the molecule is Fc1ccc(CNCCCCCBr)cc1F. The van der Waals surface area contributed by atoms with Crippen molar-refractivity contribution in [3.63, 3.8) is 0 Å². The Hall–Kier alpha value is -0.480. The molecule has 0 atom stereocenters. The third-order valence-corrected chi connectivity index (χ3v) is 2.86. The average Bonchev–Trinajstić information content (AvgIpc) is 2.28. The van der Waals surface area contributed by atoms with Crippen molar-refractivity contribution in [1.29, 1.82) is 0 Å². The van der Waals surface area contributed by atoms with Crippen molar-refractivity contribution in [2.75, 3.05) is 11.9 Å². The van der Waals surface area contributed by atoms with E-state index in [0.717, 1.165) is 29.9 Å². The number of rotatable bonds is 7. The van der Waals surface area contributed by atoms with Gasteiger partial charge in [0.1, 0.15) is 0 Å². The summed E-state index contributed by atoms with van der Waals surface area (Å²) in [5.74, 6) is -1.57. The molecule has 1 rings (SSSR count). The molecule has 0 aliphatic carbocycles. The molecule has 0 aliphatic heterocycles. The van der Waals surface area contributed by atoms with Crippen LogP contribution in [0.4, 0.5) is 8.78 Å². The summed E-state index contributed by atoms with van der Waals surface area (Å²) in [4.78, 5) is 0. The van der Waals surface area contributed by atoms with Gasteiger partial charge in [-0.1, -0.05) is 28.4 Å². The molecule has 1 nitrogen and oxygen atoms in total. The Labute approximate surface area is 103 Å². The predicted molar refractivity (Wildman–Crippen MR) is 65.7 cm³/mol. The van der Waals surface area contributed by atoms with Crippen molar-refractivity contribution < 1.29 is 8.78 Å². The molecule has 0 radical (unpaired) electrons. The fourth-order valence-electron chi connectivity index (χ4n) is 1.40. The Bertz CT molecular complexity index is 318. The van der Waals surface area contributed by atoms with Gasteiger partial charge in [0.25, 0.3) is 0 Å². The van der Waals surface area contributed by atoms with E-state index in [1.165, 1.54) is 18.9 Å². The van der Waals surface area contributed by atoms with E-state index in [9.17, 15) is 8.78 Å². The van der Waals surface area contributed by atoms with Crippen molar-refractivity contribution in [3.05, 3.63) is 35.4 Å². The number of alkyl halides is 1. The first-order valence-electron chi connectivity index (χ1n) is 5.44. The lowest BCUT2D eigenvalue weighted by atomic mass is 10.2. The number of hydrogen-bond donors (Lipinski definition) is 1. The van der Waals surface area contributed by atoms with Gasteiger partial charge in [-0.15, -0.1) is 0 Å². The summed E-state index contributed by atoms with van der Waals surface area (Å²) in [6.07, 6.45) is 3.46. The van der Waals surface area contributed by atoms with Crippen LogP contribution in [-0.2, 0) is 6.54 Å². The van der Waals surface area contributed by atoms with E-state index in [1.54, 1.807) is 6.07 Å². The zero-order valence-electron chi connectivity index (χ0n) is 9.11. The highest BCUT2D eigenvalue weighted by molar-refractivity contribution is 9.09. The van der Waals surface area contributed by atoms with E-state index < -0.39 is 11.6 Å². The molecule has 0 aliphatic rings. The summed E-state index contributed by atoms with van der Waals surface area (Å²) in [6.45, 7) is 1.50. The molecule has 0 spiro atoms. The number of hydrogen-bond acceptors (Lipinski definition) is 1. The number of nitrogens with one attached hydrogen (secondary N) is 1. The van der Waals surface area contributed by atoms with Crippen LogP contribution in [0, 0.1) is 11.6 Å². The molecule has 0 fully saturated rings. The maximum absolute atomic E-state index is 12.8. The van der Waals surface area contributed by atoms with Crippen LogP contribution in [0.1, 0.15) is 24.8 Å². The summed E-state index contributed by atoms with van der Waals surface area (Å²) < 4.78 is 25.5. The molecule has 0 bridgehead atoms. The average molecular weight is 292 g/mol. The minimum Gasteiger partial charge on any atom is -0.313 e. The highest BCUT2D eigenvalue weighted by Crippen LogP contribution is 2.08. The van der Waals surface area contributed by atoms with Gasteiger partial charge in [-0.25, -0.2) is 8.78 Å². The van der Waals surface area contributed by atoms with E-state index in [1.807, 2.05) is 0 Å². The maximum Gasteiger partial charge on any atom is 0.159 e. The Balaban J connectivity index is 2.19. The van der Waals surface area contributed by atoms with Crippen molar-refractivity contribution in [3.8, 4) is 0 Å². The summed E-state index contributed by atoms with van der Waals surface area (Å²) in [7, 11) is 0. The molecule has 1 aromatic carbocycles. The van der Waals surface area contributed by atoms with Crippen molar-refractivity contribution in [1.82, 2.24) is 5.32 Å². The Morgan fingerprint density at radius 1 is 1.06 bits per heavy atom. The van der Waals surface area contributed by atoms with Gasteiger partial charge in [0.2, 0.25) is 0 Å².